The van der Waals surface area contributed by atoms with E-state index in [9.17, 15) is 4.79 Å². The molecule has 0 aliphatic carbocycles. The Morgan fingerprint density at radius 2 is 1.05 bits per heavy atom. The van der Waals surface area contributed by atoms with Gasteiger partial charge in [0.1, 0.15) is 0 Å². The average molecular weight is 341 g/mol. The van der Waals surface area contributed by atoms with Crippen LogP contribution in [-0.2, 0) is 25.2 Å². The van der Waals surface area contributed by atoms with Crippen LogP contribution < -0.4 is 0 Å². The quantitative estimate of drug-likeness (QED) is 0.608. The minimum atomic E-state index is -0.0114. The zero-order valence-corrected chi connectivity index (χ0v) is 11.9. The van der Waals surface area contributed by atoms with Gasteiger partial charge in [0.15, 0.2) is 5.78 Å². The van der Waals surface area contributed by atoms with Gasteiger partial charge in [-0.15, -0.1) is 0 Å². The van der Waals surface area contributed by atoms with Crippen molar-refractivity contribution in [2.75, 3.05) is 0 Å². The predicted molar refractivity (Wildman–Crippen MR) is 76.0 cm³/mol. The summed E-state index contributed by atoms with van der Waals surface area (Å²) < 4.78 is 0. The van der Waals surface area contributed by atoms with Crippen LogP contribution in [0.15, 0.2) is 72.8 Å². The van der Waals surface area contributed by atoms with E-state index in [0.29, 0.717) is 0 Å². The second-order valence-electron chi connectivity index (χ2n) is 3.89. The summed E-state index contributed by atoms with van der Waals surface area (Å²) in [6, 6.07) is 19.6. The summed E-state index contributed by atoms with van der Waals surface area (Å²) in [7, 11) is 0. The van der Waals surface area contributed by atoms with E-state index >= 15 is 0 Å². The number of carbonyl (C=O) groups excluding carboxylic acids is 1. The molecular weight excluding hydrogens is 327 g/mol. The van der Waals surface area contributed by atoms with Gasteiger partial charge < -0.3 is 0 Å². The summed E-state index contributed by atoms with van der Waals surface area (Å²) in [4.78, 5) is 11.6. The number of hydrogen-bond acceptors (Lipinski definition) is 1. The Labute approximate surface area is 127 Å². The Bertz CT molecular complexity index is 505. The molecular formula is C17H14OPd. The second kappa shape index (κ2) is 8.37. The van der Waals surface area contributed by atoms with Crippen molar-refractivity contribution in [3.05, 3.63) is 83.9 Å². The summed E-state index contributed by atoms with van der Waals surface area (Å²) in [5.74, 6) is -0.0114. The monoisotopic (exact) mass is 340 g/mol. The van der Waals surface area contributed by atoms with E-state index in [1.165, 1.54) is 0 Å². The minimum absolute atomic E-state index is 0. The number of allylic oxidation sites excluding steroid dienone is 2. The van der Waals surface area contributed by atoms with Crippen LogP contribution in [0.25, 0.3) is 12.2 Å². The molecule has 0 atom stereocenters. The van der Waals surface area contributed by atoms with E-state index < -0.39 is 0 Å². The maximum atomic E-state index is 11.6. The second-order valence-corrected chi connectivity index (χ2v) is 3.89. The third kappa shape index (κ3) is 5.61. The molecule has 1 nitrogen and oxygen atoms in total. The molecule has 0 spiro atoms. The van der Waals surface area contributed by atoms with Crippen molar-refractivity contribution >= 4 is 17.9 Å². The van der Waals surface area contributed by atoms with E-state index in [2.05, 4.69) is 0 Å². The van der Waals surface area contributed by atoms with Crippen LogP contribution in [0.2, 0.25) is 0 Å². The van der Waals surface area contributed by atoms with Crippen LogP contribution >= 0.6 is 0 Å². The zero-order chi connectivity index (χ0) is 12.6. The molecule has 0 fully saturated rings. The van der Waals surface area contributed by atoms with Gasteiger partial charge >= 0.3 is 0 Å². The van der Waals surface area contributed by atoms with E-state index in [4.69, 9.17) is 0 Å². The first kappa shape index (κ1) is 15.3. The number of rotatable bonds is 4. The Morgan fingerprint density at radius 3 is 1.42 bits per heavy atom. The minimum Gasteiger partial charge on any atom is -0.290 e. The molecule has 2 heteroatoms. The van der Waals surface area contributed by atoms with Gasteiger partial charge in [0.25, 0.3) is 0 Å². The van der Waals surface area contributed by atoms with Crippen molar-refractivity contribution in [3.63, 3.8) is 0 Å². The Morgan fingerprint density at radius 1 is 0.684 bits per heavy atom. The maximum absolute atomic E-state index is 11.6. The molecule has 0 saturated heterocycles. The molecule has 0 heterocycles. The summed E-state index contributed by atoms with van der Waals surface area (Å²) in [5.41, 5.74) is 2.05. The number of hydrogen-bond donors (Lipinski definition) is 0. The number of ketones is 1. The zero-order valence-electron chi connectivity index (χ0n) is 10.3. The molecule has 0 saturated carbocycles. The van der Waals surface area contributed by atoms with E-state index in [1.54, 1.807) is 12.2 Å². The molecule has 0 bridgehead atoms. The summed E-state index contributed by atoms with van der Waals surface area (Å²) in [6.07, 6.45) is 6.79. The molecule has 0 aliphatic rings. The molecule has 0 amide bonds. The Kier molecular flexibility index (Phi) is 6.75. The van der Waals surface area contributed by atoms with Crippen molar-refractivity contribution in [1.82, 2.24) is 0 Å². The van der Waals surface area contributed by atoms with Crippen LogP contribution in [0.1, 0.15) is 11.1 Å². The fraction of sp³-hybridized carbons (Fsp3) is 0. The smallest absolute Gasteiger partial charge is 0.178 e. The fourth-order valence-corrected chi connectivity index (χ4v) is 1.54. The van der Waals surface area contributed by atoms with Crippen LogP contribution in [0.4, 0.5) is 0 Å². The Balaban J connectivity index is 0.00000180. The van der Waals surface area contributed by atoms with Crippen molar-refractivity contribution in [1.29, 1.82) is 0 Å². The first-order chi connectivity index (χ1) is 8.84. The van der Waals surface area contributed by atoms with Gasteiger partial charge in [-0.25, -0.2) is 0 Å². The van der Waals surface area contributed by atoms with E-state index in [-0.39, 0.29) is 26.2 Å². The predicted octanol–water partition coefficient (Wildman–Crippen LogP) is 3.98. The molecule has 0 unspecified atom stereocenters. The molecule has 0 N–H and O–H groups in total. The van der Waals surface area contributed by atoms with Crippen LogP contribution in [0.3, 0.4) is 0 Å². The molecule has 0 aromatic heterocycles. The molecule has 2 aromatic carbocycles. The van der Waals surface area contributed by atoms with E-state index in [1.807, 2.05) is 72.8 Å². The van der Waals surface area contributed by atoms with Crippen molar-refractivity contribution in [2.24, 2.45) is 0 Å². The number of benzene rings is 2. The average Bonchev–Trinajstić information content (AvgIpc) is 2.45. The summed E-state index contributed by atoms with van der Waals surface area (Å²) >= 11 is 0. The molecule has 98 valence electrons. The summed E-state index contributed by atoms with van der Waals surface area (Å²) in [5, 5.41) is 0. The first-order valence-corrected chi connectivity index (χ1v) is 5.85. The van der Waals surface area contributed by atoms with Crippen molar-refractivity contribution < 1.29 is 25.2 Å². The normalized spacial score (nSPS) is 10.5. The SMILES string of the molecule is O=C(C=Cc1ccccc1)C=Cc1ccccc1.[Pd]. The van der Waals surface area contributed by atoms with Crippen molar-refractivity contribution in [2.45, 2.75) is 0 Å². The fourth-order valence-electron chi connectivity index (χ4n) is 1.54. The summed E-state index contributed by atoms with van der Waals surface area (Å²) in [6.45, 7) is 0. The molecule has 19 heavy (non-hydrogen) atoms. The van der Waals surface area contributed by atoms with Gasteiger partial charge in [-0.3, -0.25) is 4.79 Å². The van der Waals surface area contributed by atoms with Crippen LogP contribution in [0.5, 0.6) is 0 Å². The number of carbonyl (C=O) groups is 1. The van der Waals surface area contributed by atoms with Crippen LogP contribution in [0, 0.1) is 0 Å². The molecule has 0 radical (unpaired) electrons. The third-order valence-corrected chi connectivity index (χ3v) is 2.48. The van der Waals surface area contributed by atoms with Gasteiger partial charge in [0.2, 0.25) is 0 Å². The maximum Gasteiger partial charge on any atom is 0.178 e. The standard InChI is InChI=1S/C17H14O.Pd/c18-17(13-11-15-7-3-1-4-8-15)14-12-16-9-5-2-6-10-16;/h1-14H;. The van der Waals surface area contributed by atoms with E-state index in [0.717, 1.165) is 11.1 Å². The van der Waals surface area contributed by atoms with Crippen molar-refractivity contribution in [3.8, 4) is 0 Å². The van der Waals surface area contributed by atoms with Gasteiger partial charge in [-0.1, -0.05) is 72.8 Å². The third-order valence-electron chi connectivity index (χ3n) is 2.48. The topological polar surface area (TPSA) is 17.1 Å². The molecule has 2 aromatic rings. The van der Waals surface area contributed by atoms with Gasteiger partial charge in [-0.05, 0) is 23.3 Å². The van der Waals surface area contributed by atoms with Crippen LogP contribution in [-0.4, -0.2) is 5.78 Å². The molecule has 2 rings (SSSR count). The Hall–Kier alpha value is -1.75. The van der Waals surface area contributed by atoms with Gasteiger partial charge in [0.05, 0.1) is 0 Å². The molecule has 0 aliphatic heterocycles. The van der Waals surface area contributed by atoms with Gasteiger partial charge in [-0.2, -0.15) is 0 Å². The van der Waals surface area contributed by atoms with Gasteiger partial charge in [0, 0.05) is 20.4 Å². The largest absolute Gasteiger partial charge is 0.290 e. The first-order valence-electron chi connectivity index (χ1n) is 5.85.